The number of aryl methyl sites for hydroxylation is 1. The molecule has 3 aromatic rings. The molecule has 8 heteroatoms. The number of rotatable bonds is 6. The van der Waals surface area contributed by atoms with Crippen molar-refractivity contribution < 1.29 is 9.90 Å². The topological polar surface area (TPSA) is 91.5 Å². The van der Waals surface area contributed by atoms with Gasteiger partial charge in [-0.3, -0.25) is 14.9 Å². The Morgan fingerprint density at radius 3 is 2.33 bits per heavy atom. The van der Waals surface area contributed by atoms with Gasteiger partial charge in [0.05, 0.1) is 5.71 Å². The number of hydrazone groups is 1. The lowest BCUT2D eigenvalue weighted by molar-refractivity contribution is 0.112. The predicted molar refractivity (Wildman–Crippen MR) is 137 cm³/mol. The van der Waals surface area contributed by atoms with E-state index in [0.29, 0.717) is 29.2 Å². The molecule has 0 spiro atoms. The maximum absolute atomic E-state index is 11.0. The van der Waals surface area contributed by atoms with Crippen LogP contribution in [0, 0.1) is 0 Å². The van der Waals surface area contributed by atoms with Crippen LogP contribution in [-0.2, 0) is 12.0 Å². The monoisotopic (exact) mass is 463 g/mol. The third-order valence-electron chi connectivity index (χ3n) is 5.22. The van der Waals surface area contributed by atoms with Crippen molar-refractivity contribution in [2.24, 2.45) is 5.10 Å². The van der Waals surface area contributed by atoms with Crippen molar-refractivity contribution >= 4 is 35.0 Å². The fraction of sp³-hybridized carbons (Fsp3) is 0.280. The van der Waals surface area contributed by atoms with Gasteiger partial charge in [0.15, 0.2) is 16.6 Å². The van der Waals surface area contributed by atoms with Crippen LogP contribution in [0.15, 0.2) is 53.6 Å². The van der Waals surface area contributed by atoms with Crippen LogP contribution in [-0.4, -0.2) is 32.0 Å². The largest absolute Gasteiger partial charge is 0.504 e. The molecule has 33 heavy (non-hydrogen) atoms. The summed E-state index contributed by atoms with van der Waals surface area (Å²) in [6, 6.07) is 15.1. The van der Waals surface area contributed by atoms with Crippen LogP contribution in [0.1, 0.15) is 56.2 Å². The van der Waals surface area contributed by atoms with Gasteiger partial charge in [0.2, 0.25) is 0 Å². The molecule has 0 radical (unpaired) electrons. The molecular weight excluding hydrogens is 434 g/mol. The molecule has 1 heterocycles. The lowest BCUT2D eigenvalue weighted by Crippen LogP contribution is -2.25. The Morgan fingerprint density at radius 2 is 1.79 bits per heavy atom. The zero-order valence-corrected chi connectivity index (χ0v) is 20.3. The Bertz CT molecular complexity index is 1170. The number of carbonyl (C=O) groups excluding carboxylic acids is 1. The molecule has 1 aromatic heterocycles. The summed E-state index contributed by atoms with van der Waals surface area (Å²) in [5, 5.41) is 23.1. The summed E-state index contributed by atoms with van der Waals surface area (Å²) in [4.78, 5) is 10.8. The van der Waals surface area contributed by atoms with Gasteiger partial charge in [-0.15, -0.1) is 0 Å². The third-order valence-corrected chi connectivity index (χ3v) is 5.42. The van der Waals surface area contributed by atoms with Gasteiger partial charge in [-0.2, -0.15) is 10.2 Å². The summed E-state index contributed by atoms with van der Waals surface area (Å²) in [5.74, 6) is 0.0757. The summed E-state index contributed by atoms with van der Waals surface area (Å²) in [6.07, 6.45) is 0.781. The quantitative estimate of drug-likeness (QED) is 0.204. The molecule has 0 amide bonds. The number of carbonyl (C=O) groups is 1. The number of anilines is 1. The van der Waals surface area contributed by atoms with E-state index in [1.165, 1.54) is 5.56 Å². The highest BCUT2D eigenvalue weighted by atomic mass is 32.1. The number of aldehydes is 1. The minimum atomic E-state index is 0.0502. The van der Waals surface area contributed by atoms with Crippen LogP contribution in [0.25, 0.3) is 11.3 Å². The van der Waals surface area contributed by atoms with Crippen molar-refractivity contribution in [1.82, 2.24) is 15.2 Å². The second-order valence-corrected chi connectivity index (χ2v) is 9.10. The van der Waals surface area contributed by atoms with Gasteiger partial charge < -0.3 is 10.4 Å². The molecule has 0 fully saturated rings. The van der Waals surface area contributed by atoms with E-state index in [1.54, 1.807) is 35.9 Å². The SMILES string of the molecule is CCn1nc(/C(C)=N/NC(=S)Nc2ccc(C=O)cc2)c(O)c1-c1ccc(C(C)(C)C)cc1. The predicted octanol–water partition coefficient (Wildman–Crippen LogP) is 5.10. The summed E-state index contributed by atoms with van der Waals surface area (Å²) in [6.45, 7) is 10.8. The molecule has 0 saturated carbocycles. The highest BCUT2D eigenvalue weighted by Crippen LogP contribution is 2.34. The van der Waals surface area contributed by atoms with Gasteiger partial charge >= 0.3 is 0 Å². The van der Waals surface area contributed by atoms with Gasteiger partial charge in [-0.25, -0.2) is 0 Å². The first-order valence-electron chi connectivity index (χ1n) is 10.7. The normalized spacial score (nSPS) is 11.8. The molecular formula is C25H29N5O2S. The zero-order chi connectivity index (χ0) is 24.2. The molecule has 0 unspecified atom stereocenters. The Morgan fingerprint density at radius 1 is 1.15 bits per heavy atom. The van der Waals surface area contributed by atoms with Gasteiger partial charge in [0, 0.05) is 23.4 Å². The van der Waals surface area contributed by atoms with Gasteiger partial charge in [0.1, 0.15) is 12.0 Å². The molecule has 3 rings (SSSR count). The molecule has 0 aliphatic carbocycles. The van der Waals surface area contributed by atoms with E-state index in [2.05, 4.69) is 53.8 Å². The van der Waals surface area contributed by atoms with E-state index in [9.17, 15) is 9.90 Å². The number of hydrogen-bond donors (Lipinski definition) is 3. The first kappa shape index (κ1) is 24.1. The van der Waals surface area contributed by atoms with E-state index in [0.717, 1.165) is 17.5 Å². The zero-order valence-electron chi connectivity index (χ0n) is 19.5. The Hall–Kier alpha value is -3.52. The van der Waals surface area contributed by atoms with E-state index < -0.39 is 0 Å². The van der Waals surface area contributed by atoms with Crippen LogP contribution in [0.3, 0.4) is 0 Å². The van der Waals surface area contributed by atoms with Gasteiger partial charge in [-0.05, 0) is 61.3 Å². The fourth-order valence-electron chi connectivity index (χ4n) is 3.33. The Kier molecular flexibility index (Phi) is 7.28. The molecule has 0 aliphatic heterocycles. The van der Waals surface area contributed by atoms with E-state index in [-0.39, 0.29) is 16.3 Å². The molecule has 0 saturated heterocycles. The summed E-state index contributed by atoms with van der Waals surface area (Å²) in [5.41, 5.74) is 7.77. The maximum Gasteiger partial charge on any atom is 0.191 e. The lowest BCUT2D eigenvalue weighted by atomic mass is 9.86. The lowest BCUT2D eigenvalue weighted by Gasteiger charge is -2.19. The van der Waals surface area contributed by atoms with E-state index in [1.807, 2.05) is 19.1 Å². The Labute approximate surface area is 199 Å². The van der Waals surface area contributed by atoms with Crippen molar-refractivity contribution in [2.75, 3.05) is 5.32 Å². The summed E-state index contributed by atoms with van der Waals surface area (Å²) in [7, 11) is 0. The minimum absolute atomic E-state index is 0.0502. The minimum Gasteiger partial charge on any atom is -0.504 e. The second kappa shape index (κ2) is 9.95. The highest BCUT2D eigenvalue weighted by Gasteiger charge is 2.21. The summed E-state index contributed by atoms with van der Waals surface area (Å²) < 4.78 is 1.76. The van der Waals surface area contributed by atoms with E-state index >= 15 is 0 Å². The number of benzene rings is 2. The van der Waals surface area contributed by atoms with Crippen molar-refractivity contribution in [3.05, 3.63) is 65.4 Å². The fourth-order valence-corrected chi connectivity index (χ4v) is 3.49. The van der Waals surface area contributed by atoms with Crippen molar-refractivity contribution in [3.63, 3.8) is 0 Å². The molecule has 0 aliphatic rings. The Balaban J connectivity index is 1.79. The van der Waals surface area contributed by atoms with Crippen LogP contribution < -0.4 is 10.7 Å². The number of aromatic hydroxyl groups is 1. The van der Waals surface area contributed by atoms with Crippen molar-refractivity contribution in [2.45, 2.75) is 46.6 Å². The summed E-state index contributed by atoms with van der Waals surface area (Å²) >= 11 is 5.28. The number of aromatic nitrogens is 2. The maximum atomic E-state index is 11.0. The average Bonchev–Trinajstić information content (AvgIpc) is 3.13. The standard InChI is InChI=1S/C25H29N5O2S/c1-6-30-22(18-9-11-19(12-10-18)25(3,4)5)23(32)21(29-30)16(2)27-28-24(33)26-20-13-7-17(15-31)8-14-20/h7-15,32H,6H2,1-5H3,(H2,26,28,33)/b27-16+. The van der Waals surface area contributed by atoms with Crippen LogP contribution >= 0.6 is 12.2 Å². The molecule has 3 N–H and O–H groups in total. The number of thiocarbonyl (C=S) groups is 1. The first-order valence-corrected chi connectivity index (χ1v) is 11.1. The van der Waals surface area contributed by atoms with Gasteiger partial charge in [-0.1, -0.05) is 45.0 Å². The third kappa shape index (κ3) is 5.64. The highest BCUT2D eigenvalue weighted by molar-refractivity contribution is 7.80. The number of nitrogens with zero attached hydrogens (tertiary/aromatic N) is 3. The first-order chi connectivity index (χ1) is 15.6. The molecule has 0 atom stereocenters. The van der Waals surface area contributed by atoms with Crippen molar-refractivity contribution in [3.8, 4) is 17.0 Å². The molecule has 172 valence electrons. The average molecular weight is 464 g/mol. The van der Waals surface area contributed by atoms with Crippen LogP contribution in [0.4, 0.5) is 5.69 Å². The molecule has 2 aromatic carbocycles. The van der Waals surface area contributed by atoms with Crippen molar-refractivity contribution in [1.29, 1.82) is 0 Å². The number of nitrogens with one attached hydrogen (secondary N) is 2. The number of hydrogen-bond acceptors (Lipinski definition) is 5. The second-order valence-electron chi connectivity index (χ2n) is 8.69. The van der Waals surface area contributed by atoms with Crippen LogP contribution in [0.2, 0.25) is 0 Å². The smallest absolute Gasteiger partial charge is 0.191 e. The van der Waals surface area contributed by atoms with Crippen LogP contribution in [0.5, 0.6) is 5.75 Å². The van der Waals surface area contributed by atoms with E-state index in [4.69, 9.17) is 12.2 Å². The molecule has 7 nitrogen and oxygen atoms in total. The molecule has 0 bridgehead atoms. The van der Waals surface area contributed by atoms with Gasteiger partial charge in [0.25, 0.3) is 0 Å².